The van der Waals surface area contributed by atoms with Crippen LogP contribution in [0.1, 0.15) is 13.3 Å². The van der Waals surface area contributed by atoms with Crippen molar-refractivity contribution in [2.75, 3.05) is 6.61 Å². The van der Waals surface area contributed by atoms with Crippen molar-refractivity contribution in [2.24, 2.45) is 11.7 Å². The maximum atomic E-state index is 11.1. The Morgan fingerprint density at radius 3 is 3.00 bits per heavy atom. The van der Waals surface area contributed by atoms with E-state index in [1.165, 1.54) is 0 Å². The van der Waals surface area contributed by atoms with Crippen molar-refractivity contribution in [3.05, 3.63) is 12.2 Å². The minimum atomic E-state index is -0.176. The van der Waals surface area contributed by atoms with E-state index in [4.69, 9.17) is 10.5 Å². The van der Waals surface area contributed by atoms with E-state index in [9.17, 15) is 4.79 Å². The average molecular weight is 155 g/mol. The molecular formula is C8H13NO2. The number of esters is 1. The Bertz CT molecular complexity index is 177. The topological polar surface area (TPSA) is 52.3 Å². The Kier molecular flexibility index (Phi) is 2.65. The molecule has 3 heteroatoms. The molecule has 0 aliphatic heterocycles. The summed E-state index contributed by atoms with van der Waals surface area (Å²) < 4.78 is 4.84. The predicted molar refractivity (Wildman–Crippen MR) is 41.9 cm³/mol. The molecule has 0 spiro atoms. The van der Waals surface area contributed by atoms with Gasteiger partial charge in [0.25, 0.3) is 0 Å². The van der Waals surface area contributed by atoms with Gasteiger partial charge in [-0.05, 0) is 13.3 Å². The molecule has 11 heavy (non-hydrogen) atoms. The fourth-order valence-electron chi connectivity index (χ4n) is 1.18. The number of carbonyl (C=O) groups excluding carboxylic acids is 1. The SMILES string of the molecule is CCOC(=O)C1CC=CC1N. The summed E-state index contributed by atoms with van der Waals surface area (Å²) in [6, 6.07) is -0.144. The van der Waals surface area contributed by atoms with Gasteiger partial charge in [-0.25, -0.2) is 0 Å². The Balaban J connectivity index is 2.42. The lowest BCUT2D eigenvalue weighted by Crippen LogP contribution is -2.31. The van der Waals surface area contributed by atoms with Crippen LogP contribution in [-0.2, 0) is 9.53 Å². The summed E-state index contributed by atoms with van der Waals surface area (Å²) >= 11 is 0. The van der Waals surface area contributed by atoms with Crippen LogP contribution in [0.4, 0.5) is 0 Å². The van der Waals surface area contributed by atoms with Gasteiger partial charge in [-0.1, -0.05) is 12.2 Å². The Hall–Kier alpha value is -0.830. The van der Waals surface area contributed by atoms with E-state index >= 15 is 0 Å². The minimum Gasteiger partial charge on any atom is -0.466 e. The molecule has 0 fully saturated rings. The van der Waals surface area contributed by atoms with Gasteiger partial charge < -0.3 is 10.5 Å². The molecular weight excluding hydrogens is 142 g/mol. The molecule has 3 nitrogen and oxygen atoms in total. The van der Waals surface area contributed by atoms with Crippen molar-refractivity contribution in [2.45, 2.75) is 19.4 Å². The zero-order valence-corrected chi connectivity index (χ0v) is 6.62. The average Bonchev–Trinajstić information content (AvgIpc) is 2.36. The number of nitrogens with two attached hydrogens (primary N) is 1. The third-order valence-electron chi connectivity index (χ3n) is 1.80. The molecule has 1 aliphatic carbocycles. The van der Waals surface area contributed by atoms with E-state index in [1.807, 2.05) is 12.2 Å². The first-order valence-electron chi connectivity index (χ1n) is 3.84. The number of ether oxygens (including phenoxy) is 1. The molecule has 0 saturated heterocycles. The molecule has 0 aromatic carbocycles. The number of allylic oxidation sites excluding steroid dienone is 1. The molecule has 0 heterocycles. The molecule has 2 N–H and O–H groups in total. The highest BCUT2D eigenvalue weighted by Gasteiger charge is 2.27. The summed E-state index contributed by atoms with van der Waals surface area (Å²) in [5.74, 6) is -0.319. The number of rotatable bonds is 2. The first kappa shape index (κ1) is 8.27. The molecule has 1 rings (SSSR count). The van der Waals surface area contributed by atoms with Crippen LogP contribution in [-0.4, -0.2) is 18.6 Å². The highest BCUT2D eigenvalue weighted by molar-refractivity contribution is 5.74. The van der Waals surface area contributed by atoms with Crippen molar-refractivity contribution in [1.29, 1.82) is 0 Å². The van der Waals surface area contributed by atoms with Gasteiger partial charge in [-0.3, -0.25) is 4.79 Å². The van der Waals surface area contributed by atoms with Gasteiger partial charge in [0.2, 0.25) is 0 Å². The summed E-state index contributed by atoms with van der Waals surface area (Å²) in [4.78, 5) is 11.1. The van der Waals surface area contributed by atoms with E-state index in [0.717, 1.165) is 6.42 Å². The van der Waals surface area contributed by atoms with Crippen LogP contribution in [0.2, 0.25) is 0 Å². The standard InChI is InChI=1S/C8H13NO2/c1-2-11-8(10)6-4-3-5-7(6)9/h3,5-7H,2,4,9H2,1H3. The molecule has 0 amide bonds. The molecule has 0 saturated carbocycles. The van der Waals surface area contributed by atoms with E-state index in [1.54, 1.807) is 6.92 Å². The van der Waals surface area contributed by atoms with Crippen LogP contribution in [0.15, 0.2) is 12.2 Å². The van der Waals surface area contributed by atoms with E-state index in [2.05, 4.69) is 0 Å². The fourth-order valence-corrected chi connectivity index (χ4v) is 1.18. The van der Waals surface area contributed by atoms with Crippen molar-refractivity contribution >= 4 is 5.97 Å². The molecule has 62 valence electrons. The summed E-state index contributed by atoms with van der Waals surface area (Å²) in [5.41, 5.74) is 5.62. The molecule has 1 aliphatic rings. The van der Waals surface area contributed by atoms with Crippen LogP contribution in [0.25, 0.3) is 0 Å². The van der Waals surface area contributed by atoms with Crippen molar-refractivity contribution in [3.8, 4) is 0 Å². The maximum Gasteiger partial charge on any atom is 0.311 e. The number of carbonyl (C=O) groups is 1. The second kappa shape index (κ2) is 3.53. The summed E-state index contributed by atoms with van der Waals surface area (Å²) in [6.45, 7) is 2.23. The second-order valence-electron chi connectivity index (χ2n) is 2.60. The zero-order valence-electron chi connectivity index (χ0n) is 6.62. The highest BCUT2D eigenvalue weighted by Crippen LogP contribution is 2.18. The van der Waals surface area contributed by atoms with Crippen LogP contribution >= 0.6 is 0 Å². The monoisotopic (exact) mass is 155 g/mol. The minimum absolute atomic E-state index is 0.144. The van der Waals surface area contributed by atoms with Crippen LogP contribution in [0.3, 0.4) is 0 Å². The van der Waals surface area contributed by atoms with Crippen molar-refractivity contribution < 1.29 is 9.53 Å². The van der Waals surface area contributed by atoms with Gasteiger partial charge in [0.1, 0.15) is 0 Å². The van der Waals surface area contributed by atoms with Gasteiger partial charge in [0.05, 0.1) is 12.5 Å². The summed E-state index contributed by atoms with van der Waals surface area (Å²) in [6.07, 6.45) is 4.49. The third-order valence-corrected chi connectivity index (χ3v) is 1.80. The predicted octanol–water partition coefficient (Wildman–Crippen LogP) is 0.453. The highest BCUT2D eigenvalue weighted by atomic mass is 16.5. The lowest BCUT2D eigenvalue weighted by atomic mass is 10.0. The molecule has 0 aromatic rings. The van der Waals surface area contributed by atoms with Crippen LogP contribution < -0.4 is 5.73 Å². The summed E-state index contributed by atoms with van der Waals surface area (Å²) in [5, 5.41) is 0. The van der Waals surface area contributed by atoms with Gasteiger partial charge in [0.15, 0.2) is 0 Å². The van der Waals surface area contributed by atoms with Gasteiger partial charge in [0, 0.05) is 6.04 Å². The molecule has 0 aromatic heterocycles. The Morgan fingerprint density at radius 2 is 2.55 bits per heavy atom. The van der Waals surface area contributed by atoms with Crippen LogP contribution in [0.5, 0.6) is 0 Å². The molecule has 2 atom stereocenters. The largest absolute Gasteiger partial charge is 0.466 e. The zero-order chi connectivity index (χ0) is 8.27. The normalized spacial score (nSPS) is 28.9. The molecule has 0 bridgehead atoms. The van der Waals surface area contributed by atoms with Crippen LogP contribution in [0, 0.1) is 5.92 Å². The molecule has 2 unspecified atom stereocenters. The first-order valence-corrected chi connectivity index (χ1v) is 3.84. The van der Waals surface area contributed by atoms with Gasteiger partial charge in [-0.2, -0.15) is 0 Å². The summed E-state index contributed by atoms with van der Waals surface area (Å²) in [7, 11) is 0. The van der Waals surface area contributed by atoms with E-state index in [-0.39, 0.29) is 17.9 Å². The fraction of sp³-hybridized carbons (Fsp3) is 0.625. The Morgan fingerprint density at radius 1 is 1.82 bits per heavy atom. The van der Waals surface area contributed by atoms with E-state index in [0.29, 0.717) is 6.61 Å². The second-order valence-corrected chi connectivity index (χ2v) is 2.60. The van der Waals surface area contributed by atoms with Crippen molar-refractivity contribution in [1.82, 2.24) is 0 Å². The molecule has 0 radical (unpaired) electrons. The van der Waals surface area contributed by atoms with Gasteiger partial charge >= 0.3 is 5.97 Å². The lowest BCUT2D eigenvalue weighted by molar-refractivity contribution is -0.147. The number of hydrogen-bond donors (Lipinski definition) is 1. The Labute approximate surface area is 66.2 Å². The quantitative estimate of drug-likeness (QED) is 0.465. The van der Waals surface area contributed by atoms with Crippen molar-refractivity contribution in [3.63, 3.8) is 0 Å². The maximum absolute atomic E-state index is 11.1. The lowest BCUT2D eigenvalue weighted by Gasteiger charge is -2.12. The van der Waals surface area contributed by atoms with E-state index < -0.39 is 0 Å². The van der Waals surface area contributed by atoms with Gasteiger partial charge in [-0.15, -0.1) is 0 Å². The number of hydrogen-bond acceptors (Lipinski definition) is 3. The third kappa shape index (κ3) is 1.80. The first-order chi connectivity index (χ1) is 5.25. The smallest absolute Gasteiger partial charge is 0.311 e.